The molecular formula is C16H20N6. The number of hydrogen-bond acceptors (Lipinski definition) is 4. The van der Waals surface area contributed by atoms with E-state index >= 15 is 0 Å². The molecule has 3 aromatic heterocycles. The fraction of sp³-hybridized carbons (Fsp3) is 0.438. The molecule has 0 spiro atoms. The van der Waals surface area contributed by atoms with E-state index in [1.165, 1.54) is 12.8 Å². The van der Waals surface area contributed by atoms with E-state index in [1.807, 2.05) is 18.2 Å². The van der Waals surface area contributed by atoms with Gasteiger partial charge in [-0.1, -0.05) is 6.07 Å². The zero-order chi connectivity index (χ0) is 14.9. The quantitative estimate of drug-likeness (QED) is 0.804. The number of piperidine rings is 1. The lowest BCUT2D eigenvalue weighted by Crippen LogP contribution is -2.34. The van der Waals surface area contributed by atoms with Crippen molar-refractivity contribution >= 4 is 5.65 Å². The summed E-state index contributed by atoms with van der Waals surface area (Å²) in [6.45, 7) is 5.12. The first-order valence-corrected chi connectivity index (χ1v) is 7.82. The number of likely N-dealkylation sites (tertiary alicyclic amines) is 1. The molecule has 1 unspecified atom stereocenters. The second kappa shape index (κ2) is 5.53. The minimum atomic E-state index is 0.436. The number of imidazole rings is 1. The van der Waals surface area contributed by atoms with Gasteiger partial charge in [-0.15, -0.1) is 10.2 Å². The molecule has 0 aromatic carbocycles. The van der Waals surface area contributed by atoms with Gasteiger partial charge in [-0.25, -0.2) is 4.98 Å². The van der Waals surface area contributed by atoms with Gasteiger partial charge in [0.25, 0.3) is 0 Å². The number of fused-ring (bicyclic) bond motifs is 1. The minimum absolute atomic E-state index is 0.436. The summed E-state index contributed by atoms with van der Waals surface area (Å²) in [5.41, 5.74) is 3.24. The van der Waals surface area contributed by atoms with Gasteiger partial charge in [0.15, 0.2) is 5.65 Å². The SMILES string of the molecule is Cc1[nH]cnc1CN1CCCC(c2nnc3ccccn23)C1. The molecule has 1 N–H and O–H groups in total. The van der Waals surface area contributed by atoms with Crippen LogP contribution in [0.3, 0.4) is 0 Å². The van der Waals surface area contributed by atoms with E-state index in [1.54, 1.807) is 6.33 Å². The van der Waals surface area contributed by atoms with Crippen molar-refractivity contribution in [2.45, 2.75) is 32.2 Å². The third-order valence-corrected chi connectivity index (χ3v) is 4.52. The molecule has 6 heteroatoms. The Balaban J connectivity index is 1.54. The van der Waals surface area contributed by atoms with E-state index in [-0.39, 0.29) is 0 Å². The van der Waals surface area contributed by atoms with Crippen LogP contribution in [0.2, 0.25) is 0 Å². The van der Waals surface area contributed by atoms with Crippen molar-refractivity contribution in [3.63, 3.8) is 0 Å². The van der Waals surface area contributed by atoms with Crippen LogP contribution in [0.25, 0.3) is 5.65 Å². The molecule has 1 fully saturated rings. The van der Waals surface area contributed by atoms with E-state index in [9.17, 15) is 0 Å². The van der Waals surface area contributed by atoms with Gasteiger partial charge in [-0.2, -0.15) is 0 Å². The molecule has 0 bridgehead atoms. The molecule has 1 atom stereocenters. The van der Waals surface area contributed by atoms with Crippen LogP contribution in [0, 0.1) is 6.92 Å². The summed E-state index contributed by atoms with van der Waals surface area (Å²) in [7, 11) is 0. The highest BCUT2D eigenvalue weighted by Crippen LogP contribution is 2.27. The number of aryl methyl sites for hydroxylation is 1. The summed E-state index contributed by atoms with van der Waals surface area (Å²) < 4.78 is 2.12. The van der Waals surface area contributed by atoms with Gasteiger partial charge in [0.1, 0.15) is 5.82 Å². The number of H-pyrrole nitrogens is 1. The molecule has 114 valence electrons. The molecule has 4 rings (SSSR count). The Morgan fingerprint density at radius 3 is 3.14 bits per heavy atom. The number of nitrogens with one attached hydrogen (secondary N) is 1. The largest absolute Gasteiger partial charge is 0.348 e. The normalized spacial score (nSPS) is 19.8. The van der Waals surface area contributed by atoms with Crippen LogP contribution < -0.4 is 0 Å². The van der Waals surface area contributed by atoms with Crippen LogP contribution in [0.15, 0.2) is 30.7 Å². The second-order valence-corrected chi connectivity index (χ2v) is 6.04. The summed E-state index contributed by atoms with van der Waals surface area (Å²) >= 11 is 0. The zero-order valence-electron chi connectivity index (χ0n) is 12.7. The average molecular weight is 296 g/mol. The maximum atomic E-state index is 4.43. The van der Waals surface area contributed by atoms with Gasteiger partial charge in [0, 0.05) is 30.9 Å². The van der Waals surface area contributed by atoms with E-state index in [2.05, 4.69) is 42.6 Å². The van der Waals surface area contributed by atoms with Crippen LogP contribution >= 0.6 is 0 Å². The van der Waals surface area contributed by atoms with Crippen molar-refractivity contribution in [2.24, 2.45) is 0 Å². The lowest BCUT2D eigenvalue weighted by molar-refractivity contribution is 0.194. The molecule has 3 aromatic rings. The lowest BCUT2D eigenvalue weighted by atomic mass is 9.97. The molecule has 22 heavy (non-hydrogen) atoms. The summed E-state index contributed by atoms with van der Waals surface area (Å²) in [6, 6.07) is 6.04. The van der Waals surface area contributed by atoms with Crippen LogP contribution in [0.5, 0.6) is 0 Å². The summed E-state index contributed by atoms with van der Waals surface area (Å²) in [4.78, 5) is 10.0. The third-order valence-electron chi connectivity index (χ3n) is 4.52. The average Bonchev–Trinajstić information content (AvgIpc) is 3.14. The smallest absolute Gasteiger partial charge is 0.160 e. The van der Waals surface area contributed by atoms with Gasteiger partial charge in [0.2, 0.25) is 0 Å². The third kappa shape index (κ3) is 2.39. The number of aromatic amines is 1. The van der Waals surface area contributed by atoms with Crippen molar-refractivity contribution in [1.29, 1.82) is 0 Å². The Kier molecular flexibility index (Phi) is 3.38. The molecule has 1 saturated heterocycles. The van der Waals surface area contributed by atoms with Crippen molar-refractivity contribution in [2.75, 3.05) is 13.1 Å². The molecular weight excluding hydrogens is 276 g/mol. The number of nitrogens with zero attached hydrogens (tertiary/aromatic N) is 5. The molecule has 0 amide bonds. The standard InChI is InChI=1S/C16H20N6/c1-12-14(18-11-17-12)10-21-7-4-5-13(9-21)16-20-19-15-6-2-3-8-22(15)16/h2-3,6,8,11,13H,4-5,7,9-10H2,1H3,(H,17,18). The van der Waals surface area contributed by atoms with E-state index in [0.717, 1.165) is 42.5 Å². The highest BCUT2D eigenvalue weighted by Gasteiger charge is 2.25. The highest BCUT2D eigenvalue weighted by atomic mass is 15.3. The van der Waals surface area contributed by atoms with Crippen LogP contribution in [-0.4, -0.2) is 42.6 Å². The van der Waals surface area contributed by atoms with Gasteiger partial charge in [-0.3, -0.25) is 9.30 Å². The molecule has 1 aliphatic rings. The lowest BCUT2D eigenvalue weighted by Gasteiger charge is -2.31. The van der Waals surface area contributed by atoms with E-state index in [4.69, 9.17) is 0 Å². The zero-order valence-corrected chi connectivity index (χ0v) is 12.7. The first-order valence-electron chi connectivity index (χ1n) is 7.82. The fourth-order valence-corrected chi connectivity index (χ4v) is 3.31. The predicted octanol–water partition coefficient (Wildman–Crippen LogP) is 2.14. The van der Waals surface area contributed by atoms with Crippen molar-refractivity contribution in [3.8, 4) is 0 Å². The van der Waals surface area contributed by atoms with Crippen molar-refractivity contribution in [3.05, 3.63) is 47.9 Å². The Morgan fingerprint density at radius 1 is 1.32 bits per heavy atom. The summed E-state index contributed by atoms with van der Waals surface area (Å²) in [6.07, 6.45) is 6.20. The minimum Gasteiger partial charge on any atom is -0.348 e. The predicted molar refractivity (Wildman–Crippen MR) is 83.6 cm³/mol. The Bertz CT molecular complexity index is 774. The van der Waals surface area contributed by atoms with Crippen LogP contribution in [0.4, 0.5) is 0 Å². The summed E-state index contributed by atoms with van der Waals surface area (Å²) in [5.74, 6) is 1.52. The van der Waals surface area contributed by atoms with Crippen molar-refractivity contribution < 1.29 is 0 Å². The fourth-order valence-electron chi connectivity index (χ4n) is 3.31. The first-order chi connectivity index (χ1) is 10.8. The van der Waals surface area contributed by atoms with Gasteiger partial charge >= 0.3 is 0 Å². The Labute approximate surface area is 129 Å². The van der Waals surface area contributed by atoms with Gasteiger partial charge < -0.3 is 4.98 Å². The highest BCUT2D eigenvalue weighted by molar-refractivity contribution is 5.37. The second-order valence-electron chi connectivity index (χ2n) is 6.04. The Hall–Kier alpha value is -2.21. The molecule has 4 heterocycles. The molecule has 6 nitrogen and oxygen atoms in total. The monoisotopic (exact) mass is 296 g/mol. The van der Waals surface area contributed by atoms with Gasteiger partial charge in [-0.05, 0) is 38.4 Å². The summed E-state index contributed by atoms with van der Waals surface area (Å²) in [5, 5.41) is 8.72. The first kappa shape index (κ1) is 13.5. The molecule has 0 radical (unpaired) electrons. The maximum absolute atomic E-state index is 4.43. The number of aromatic nitrogens is 5. The van der Waals surface area contributed by atoms with E-state index in [0.29, 0.717) is 5.92 Å². The molecule has 0 saturated carbocycles. The van der Waals surface area contributed by atoms with Crippen LogP contribution in [-0.2, 0) is 6.54 Å². The number of rotatable bonds is 3. The number of hydrogen-bond donors (Lipinski definition) is 1. The van der Waals surface area contributed by atoms with Gasteiger partial charge in [0.05, 0.1) is 12.0 Å². The van der Waals surface area contributed by atoms with Crippen molar-refractivity contribution in [1.82, 2.24) is 29.5 Å². The number of pyridine rings is 1. The molecule has 1 aliphatic heterocycles. The Morgan fingerprint density at radius 2 is 2.27 bits per heavy atom. The maximum Gasteiger partial charge on any atom is 0.160 e. The topological polar surface area (TPSA) is 62.1 Å². The molecule has 0 aliphatic carbocycles. The van der Waals surface area contributed by atoms with E-state index < -0.39 is 0 Å². The van der Waals surface area contributed by atoms with Crippen LogP contribution in [0.1, 0.15) is 36.0 Å².